The topological polar surface area (TPSA) is 50.4 Å². The van der Waals surface area contributed by atoms with Crippen molar-refractivity contribution in [3.63, 3.8) is 0 Å². The van der Waals surface area contributed by atoms with E-state index in [9.17, 15) is 4.79 Å². The van der Waals surface area contributed by atoms with E-state index in [0.717, 1.165) is 38.0 Å². The largest absolute Gasteiger partial charge is 0.496 e. The van der Waals surface area contributed by atoms with Crippen LogP contribution in [0.3, 0.4) is 0 Å². The molecule has 2 unspecified atom stereocenters. The minimum Gasteiger partial charge on any atom is -0.496 e. The summed E-state index contributed by atoms with van der Waals surface area (Å²) in [6, 6.07) is 6.21. The summed E-state index contributed by atoms with van der Waals surface area (Å²) >= 11 is 0. The average molecular weight is 274 g/mol. The molecule has 1 amide bonds. The molecule has 0 radical (unpaired) electrons. The molecule has 4 nitrogen and oxygen atoms in total. The average Bonchev–Trinajstić information content (AvgIpc) is 2.91. The highest BCUT2D eigenvalue weighted by Crippen LogP contribution is 2.36. The third-order valence-electron chi connectivity index (χ3n) is 4.39. The predicted molar refractivity (Wildman–Crippen MR) is 77.8 cm³/mol. The number of benzene rings is 1. The van der Waals surface area contributed by atoms with Crippen LogP contribution in [0.4, 0.5) is 0 Å². The van der Waals surface area contributed by atoms with Gasteiger partial charge in [-0.15, -0.1) is 0 Å². The van der Waals surface area contributed by atoms with Gasteiger partial charge in [-0.05, 0) is 49.4 Å². The van der Waals surface area contributed by atoms with Crippen LogP contribution in [0.1, 0.15) is 42.9 Å². The number of ether oxygens (including phenoxy) is 1. The normalized spacial score (nSPS) is 25.1. The lowest BCUT2D eigenvalue weighted by atomic mass is 10.0. The molecule has 1 heterocycles. The second-order valence-electron chi connectivity index (χ2n) is 5.63. The van der Waals surface area contributed by atoms with Gasteiger partial charge in [-0.2, -0.15) is 0 Å². The lowest BCUT2D eigenvalue weighted by Gasteiger charge is -2.24. The van der Waals surface area contributed by atoms with Crippen molar-refractivity contribution in [3.05, 3.63) is 29.3 Å². The maximum absolute atomic E-state index is 12.3. The Morgan fingerprint density at radius 1 is 1.35 bits per heavy atom. The van der Waals surface area contributed by atoms with Gasteiger partial charge in [0.05, 0.1) is 19.2 Å². The number of hydrogen-bond acceptors (Lipinski definition) is 3. The van der Waals surface area contributed by atoms with Crippen LogP contribution in [0.25, 0.3) is 0 Å². The summed E-state index contributed by atoms with van der Waals surface area (Å²) in [6.45, 7) is 0.952. The Morgan fingerprint density at radius 2 is 2.25 bits per heavy atom. The van der Waals surface area contributed by atoms with Crippen molar-refractivity contribution in [3.8, 4) is 5.75 Å². The number of fused-ring (bicyclic) bond motifs is 1. The Hall–Kier alpha value is -1.55. The number of methoxy groups -OCH3 is 1. The van der Waals surface area contributed by atoms with Crippen molar-refractivity contribution in [2.24, 2.45) is 0 Å². The molecule has 1 fully saturated rings. The summed E-state index contributed by atoms with van der Waals surface area (Å²) in [6.07, 6.45) is 5.20. The second-order valence-corrected chi connectivity index (χ2v) is 5.63. The second kappa shape index (κ2) is 5.83. The zero-order valence-electron chi connectivity index (χ0n) is 11.9. The number of nitrogens with one attached hydrogen (secondary N) is 2. The lowest BCUT2D eigenvalue weighted by Crippen LogP contribution is -2.47. The van der Waals surface area contributed by atoms with Gasteiger partial charge in [0.1, 0.15) is 5.75 Å². The Balaban J connectivity index is 1.70. The lowest BCUT2D eigenvalue weighted by molar-refractivity contribution is -0.124. The molecule has 1 aromatic rings. The van der Waals surface area contributed by atoms with E-state index in [2.05, 4.69) is 16.7 Å². The van der Waals surface area contributed by atoms with E-state index in [4.69, 9.17) is 4.74 Å². The Bertz CT molecular complexity index is 495. The number of amides is 1. The van der Waals surface area contributed by atoms with E-state index in [-0.39, 0.29) is 18.0 Å². The molecule has 4 heteroatoms. The Labute approximate surface area is 119 Å². The first-order chi connectivity index (χ1) is 9.79. The minimum absolute atomic E-state index is 0.0154. The van der Waals surface area contributed by atoms with Gasteiger partial charge in [-0.1, -0.05) is 18.6 Å². The van der Waals surface area contributed by atoms with Gasteiger partial charge >= 0.3 is 0 Å². The van der Waals surface area contributed by atoms with Crippen molar-refractivity contribution in [1.82, 2.24) is 10.6 Å². The molecule has 2 aliphatic rings. The van der Waals surface area contributed by atoms with Crippen LogP contribution in [0, 0.1) is 0 Å². The zero-order valence-corrected chi connectivity index (χ0v) is 11.9. The molecule has 0 spiro atoms. The molecule has 1 aromatic carbocycles. The van der Waals surface area contributed by atoms with E-state index in [1.54, 1.807) is 7.11 Å². The molecular weight excluding hydrogens is 252 g/mol. The summed E-state index contributed by atoms with van der Waals surface area (Å²) in [5, 5.41) is 6.50. The summed E-state index contributed by atoms with van der Waals surface area (Å²) in [5.74, 6) is 1.08. The number of piperidine rings is 1. The van der Waals surface area contributed by atoms with Crippen LogP contribution in [0.15, 0.2) is 18.2 Å². The molecule has 2 N–H and O–H groups in total. The van der Waals surface area contributed by atoms with Crippen LogP contribution < -0.4 is 15.4 Å². The third kappa shape index (κ3) is 2.52. The molecule has 108 valence electrons. The molecule has 0 bridgehead atoms. The van der Waals surface area contributed by atoms with Crippen LogP contribution in [-0.4, -0.2) is 25.6 Å². The predicted octanol–water partition coefficient (Wildman–Crippen LogP) is 1.94. The summed E-state index contributed by atoms with van der Waals surface area (Å²) in [7, 11) is 1.70. The van der Waals surface area contributed by atoms with Crippen molar-refractivity contribution in [1.29, 1.82) is 0 Å². The van der Waals surface area contributed by atoms with Gasteiger partial charge in [0.15, 0.2) is 0 Å². The van der Waals surface area contributed by atoms with E-state index >= 15 is 0 Å². The fourth-order valence-corrected chi connectivity index (χ4v) is 3.31. The molecule has 0 aromatic heterocycles. The third-order valence-corrected chi connectivity index (χ3v) is 4.39. The standard InChI is InChI=1S/C16H22N2O2/c1-20-15-7-4-5-11-12(15)8-9-13(11)18-16(19)14-6-2-3-10-17-14/h4-5,7,13-14,17H,2-3,6,8-10H2,1H3,(H,18,19). The van der Waals surface area contributed by atoms with E-state index < -0.39 is 0 Å². The summed E-state index contributed by atoms with van der Waals surface area (Å²) in [5.41, 5.74) is 2.46. The number of hydrogen-bond donors (Lipinski definition) is 2. The molecule has 1 saturated heterocycles. The van der Waals surface area contributed by atoms with Crippen LogP contribution in [-0.2, 0) is 11.2 Å². The molecule has 1 aliphatic carbocycles. The smallest absolute Gasteiger partial charge is 0.237 e. The Kier molecular flexibility index (Phi) is 3.92. The van der Waals surface area contributed by atoms with Crippen molar-refractivity contribution < 1.29 is 9.53 Å². The van der Waals surface area contributed by atoms with Crippen LogP contribution in [0.5, 0.6) is 5.75 Å². The highest BCUT2D eigenvalue weighted by molar-refractivity contribution is 5.82. The number of carbonyl (C=O) groups is 1. The van der Waals surface area contributed by atoms with Gasteiger partial charge in [-0.25, -0.2) is 0 Å². The molecule has 0 saturated carbocycles. The summed E-state index contributed by atoms with van der Waals surface area (Å²) in [4.78, 5) is 12.3. The number of carbonyl (C=O) groups excluding carboxylic acids is 1. The van der Waals surface area contributed by atoms with Crippen molar-refractivity contribution in [2.45, 2.75) is 44.2 Å². The number of rotatable bonds is 3. The maximum atomic E-state index is 12.3. The first-order valence-electron chi connectivity index (χ1n) is 7.49. The van der Waals surface area contributed by atoms with Crippen LogP contribution in [0.2, 0.25) is 0 Å². The van der Waals surface area contributed by atoms with E-state index in [0.29, 0.717) is 0 Å². The summed E-state index contributed by atoms with van der Waals surface area (Å²) < 4.78 is 5.40. The highest BCUT2D eigenvalue weighted by Gasteiger charge is 2.29. The van der Waals surface area contributed by atoms with E-state index in [1.807, 2.05) is 12.1 Å². The quantitative estimate of drug-likeness (QED) is 0.885. The van der Waals surface area contributed by atoms with Gasteiger partial charge in [-0.3, -0.25) is 4.79 Å². The van der Waals surface area contributed by atoms with E-state index in [1.165, 1.54) is 17.5 Å². The molecule has 3 rings (SSSR count). The van der Waals surface area contributed by atoms with Crippen molar-refractivity contribution >= 4 is 5.91 Å². The minimum atomic E-state index is -0.0154. The monoisotopic (exact) mass is 274 g/mol. The van der Waals surface area contributed by atoms with Gasteiger partial charge in [0.2, 0.25) is 5.91 Å². The molecular formula is C16H22N2O2. The first kappa shape index (κ1) is 13.4. The van der Waals surface area contributed by atoms with Gasteiger partial charge in [0.25, 0.3) is 0 Å². The fourth-order valence-electron chi connectivity index (χ4n) is 3.31. The molecule has 2 atom stereocenters. The first-order valence-corrected chi connectivity index (χ1v) is 7.49. The highest BCUT2D eigenvalue weighted by atomic mass is 16.5. The Morgan fingerprint density at radius 3 is 3.00 bits per heavy atom. The SMILES string of the molecule is COc1cccc2c1CCC2NC(=O)C1CCCCN1. The van der Waals surface area contributed by atoms with Crippen LogP contribution >= 0.6 is 0 Å². The zero-order chi connectivity index (χ0) is 13.9. The fraction of sp³-hybridized carbons (Fsp3) is 0.562. The van der Waals surface area contributed by atoms with Gasteiger partial charge in [0, 0.05) is 0 Å². The molecule has 20 heavy (non-hydrogen) atoms. The van der Waals surface area contributed by atoms with Gasteiger partial charge < -0.3 is 15.4 Å². The molecule has 1 aliphatic heterocycles. The maximum Gasteiger partial charge on any atom is 0.237 e. The van der Waals surface area contributed by atoms with Crippen molar-refractivity contribution in [2.75, 3.05) is 13.7 Å².